The molecular formula is C15H29N3O2. The molecule has 2 heterocycles. The van der Waals surface area contributed by atoms with Crippen LogP contribution in [0.3, 0.4) is 0 Å². The fourth-order valence-corrected chi connectivity index (χ4v) is 2.85. The van der Waals surface area contributed by atoms with Crippen LogP contribution >= 0.6 is 0 Å². The average molecular weight is 283 g/mol. The van der Waals surface area contributed by atoms with Gasteiger partial charge in [-0.25, -0.2) is 4.79 Å². The molecule has 5 nitrogen and oxygen atoms in total. The van der Waals surface area contributed by atoms with E-state index in [-0.39, 0.29) is 6.09 Å². The van der Waals surface area contributed by atoms with Gasteiger partial charge in [0.2, 0.25) is 0 Å². The first-order valence-corrected chi connectivity index (χ1v) is 7.86. The minimum Gasteiger partial charge on any atom is -0.444 e. The maximum absolute atomic E-state index is 12.0. The molecular weight excluding hydrogens is 254 g/mol. The number of piperidine rings is 1. The van der Waals surface area contributed by atoms with Crippen LogP contribution in [-0.2, 0) is 4.74 Å². The number of carbonyl (C=O) groups is 1. The smallest absolute Gasteiger partial charge is 0.410 e. The second kappa shape index (κ2) is 6.76. The monoisotopic (exact) mass is 283 g/mol. The van der Waals surface area contributed by atoms with Gasteiger partial charge < -0.3 is 20.3 Å². The van der Waals surface area contributed by atoms with E-state index < -0.39 is 5.60 Å². The van der Waals surface area contributed by atoms with Crippen LogP contribution in [0.1, 0.15) is 40.0 Å². The molecule has 0 saturated carbocycles. The van der Waals surface area contributed by atoms with Crippen LogP contribution in [0.15, 0.2) is 0 Å². The number of amides is 1. The molecule has 0 aliphatic carbocycles. The number of carbonyl (C=O) groups excluding carboxylic acids is 1. The Morgan fingerprint density at radius 3 is 2.85 bits per heavy atom. The van der Waals surface area contributed by atoms with Crippen molar-refractivity contribution in [1.82, 2.24) is 15.5 Å². The van der Waals surface area contributed by atoms with E-state index in [1.54, 1.807) is 0 Å². The van der Waals surface area contributed by atoms with Gasteiger partial charge in [0, 0.05) is 32.2 Å². The van der Waals surface area contributed by atoms with Crippen LogP contribution in [0.25, 0.3) is 0 Å². The van der Waals surface area contributed by atoms with Crippen molar-refractivity contribution in [2.24, 2.45) is 5.92 Å². The summed E-state index contributed by atoms with van der Waals surface area (Å²) in [7, 11) is 0. The molecule has 116 valence electrons. The number of hydrogen-bond donors (Lipinski definition) is 2. The molecule has 0 aromatic carbocycles. The van der Waals surface area contributed by atoms with Crippen molar-refractivity contribution in [3.63, 3.8) is 0 Å². The molecule has 5 heteroatoms. The second-order valence-electron chi connectivity index (χ2n) is 7.03. The van der Waals surface area contributed by atoms with Crippen LogP contribution in [0.5, 0.6) is 0 Å². The fraction of sp³-hybridized carbons (Fsp3) is 0.933. The van der Waals surface area contributed by atoms with Crippen LogP contribution in [0.2, 0.25) is 0 Å². The molecule has 0 radical (unpaired) electrons. The topological polar surface area (TPSA) is 53.6 Å². The highest BCUT2D eigenvalue weighted by Crippen LogP contribution is 2.19. The average Bonchev–Trinajstić information content (AvgIpc) is 2.84. The summed E-state index contributed by atoms with van der Waals surface area (Å²) in [6.45, 7) is 10.6. The summed E-state index contributed by atoms with van der Waals surface area (Å²) in [5, 5.41) is 7.05. The van der Waals surface area contributed by atoms with Gasteiger partial charge in [-0.05, 0) is 52.5 Å². The second-order valence-corrected chi connectivity index (χ2v) is 7.03. The van der Waals surface area contributed by atoms with Crippen LogP contribution in [-0.4, -0.2) is 55.4 Å². The Kier molecular flexibility index (Phi) is 5.27. The summed E-state index contributed by atoms with van der Waals surface area (Å²) < 4.78 is 5.42. The van der Waals surface area contributed by atoms with Gasteiger partial charge in [0.05, 0.1) is 0 Å². The molecule has 2 fully saturated rings. The lowest BCUT2D eigenvalue weighted by molar-refractivity contribution is 0.0288. The van der Waals surface area contributed by atoms with Gasteiger partial charge in [-0.3, -0.25) is 0 Å². The van der Waals surface area contributed by atoms with E-state index in [1.165, 1.54) is 12.8 Å². The van der Waals surface area contributed by atoms with Gasteiger partial charge in [-0.15, -0.1) is 0 Å². The van der Waals surface area contributed by atoms with Gasteiger partial charge >= 0.3 is 6.09 Å². The first kappa shape index (κ1) is 15.6. The number of likely N-dealkylation sites (tertiary alicyclic amines) is 1. The number of nitrogens with zero attached hydrogens (tertiary/aromatic N) is 1. The maximum Gasteiger partial charge on any atom is 0.410 e. The van der Waals surface area contributed by atoms with Crippen molar-refractivity contribution in [3.05, 3.63) is 0 Å². The predicted octanol–water partition coefficient (Wildman–Crippen LogP) is 1.58. The predicted molar refractivity (Wildman–Crippen MR) is 79.8 cm³/mol. The van der Waals surface area contributed by atoms with E-state index in [0.717, 1.165) is 39.1 Å². The van der Waals surface area contributed by atoms with Crippen molar-refractivity contribution in [2.75, 3.05) is 32.7 Å². The van der Waals surface area contributed by atoms with Crippen LogP contribution < -0.4 is 10.6 Å². The zero-order valence-corrected chi connectivity index (χ0v) is 13.1. The third kappa shape index (κ3) is 4.94. The summed E-state index contributed by atoms with van der Waals surface area (Å²) in [6, 6.07) is 0.597. The van der Waals surface area contributed by atoms with E-state index in [1.807, 2.05) is 25.7 Å². The molecule has 2 aliphatic heterocycles. The minimum atomic E-state index is -0.402. The summed E-state index contributed by atoms with van der Waals surface area (Å²) in [5.41, 5.74) is -0.402. The Bertz CT molecular complexity index is 322. The molecule has 2 atom stereocenters. The molecule has 2 aliphatic rings. The van der Waals surface area contributed by atoms with Crippen LogP contribution in [0.4, 0.5) is 4.79 Å². The number of nitrogens with one attached hydrogen (secondary N) is 2. The Morgan fingerprint density at radius 2 is 2.20 bits per heavy atom. The molecule has 1 amide bonds. The highest BCUT2D eigenvalue weighted by atomic mass is 16.6. The molecule has 0 spiro atoms. The van der Waals surface area contributed by atoms with Crippen molar-refractivity contribution < 1.29 is 9.53 Å². The molecule has 2 saturated heterocycles. The molecule has 0 bridgehead atoms. The lowest BCUT2D eigenvalue weighted by atomic mass is 10.1. The lowest BCUT2D eigenvalue weighted by Gasteiger charge is -2.26. The van der Waals surface area contributed by atoms with E-state index in [0.29, 0.717) is 12.0 Å². The van der Waals surface area contributed by atoms with Crippen LogP contribution in [0, 0.1) is 5.92 Å². The Hall–Kier alpha value is -0.810. The number of ether oxygens (including phenoxy) is 1. The van der Waals surface area contributed by atoms with Gasteiger partial charge in [0.15, 0.2) is 0 Å². The van der Waals surface area contributed by atoms with Crippen molar-refractivity contribution in [3.8, 4) is 0 Å². The first-order chi connectivity index (χ1) is 9.44. The van der Waals surface area contributed by atoms with Gasteiger partial charge in [-0.2, -0.15) is 0 Å². The maximum atomic E-state index is 12.0. The van der Waals surface area contributed by atoms with Gasteiger partial charge in [0.1, 0.15) is 5.60 Å². The zero-order valence-electron chi connectivity index (χ0n) is 13.1. The van der Waals surface area contributed by atoms with Crippen molar-refractivity contribution in [2.45, 2.75) is 51.7 Å². The van der Waals surface area contributed by atoms with E-state index in [4.69, 9.17) is 4.74 Å². The lowest BCUT2D eigenvalue weighted by Crippen LogP contribution is -2.45. The fourth-order valence-electron chi connectivity index (χ4n) is 2.85. The molecule has 2 rings (SSSR count). The highest BCUT2D eigenvalue weighted by molar-refractivity contribution is 5.68. The number of rotatable bonds is 3. The SMILES string of the molecule is CC(C)(C)OC(=O)N1CCC(CNC2CCCNC2)C1. The molecule has 2 N–H and O–H groups in total. The van der Waals surface area contributed by atoms with Gasteiger partial charge in [0.25, 0.3) is 0 Å². The third-order valence-corrected chi connectivity index (χ3v) is 3.93. The largest absolute Gasteiger partial charge is 0.444 e. The Balaban J connectivity index is 1.68. The van der Waals surface area contributed by atoms with E-state index in [2.05, 4.69) is 10.6 Å². The summed E-state index contributed by atoms with van der Waals surface area (Å²) in [6.07, 6.45) is 3.42. The molecule has 20 heavy (non-hydrogen) atoms. The summed E-state index contributed by atoms with van der Waals surface area (Å²) >= 11 is 0. The van der Waals surface area contributed by atoms with E-state index in [9.17, 15) is 4.79 Å². The third-order valence-electron chi connectivity index (χ3n) is 3.93. The Labute approximate surface area is 122 Å². The molecule has 0 aromatic heterocycles. The molecule has 0 aromatic rings. The van der Waals surface area contributed by atoms with Gasteiger partial charge in [-0.1, -0.05) is 0 Å². The Morgan fingerprint density at radius 1 is 1.40 bits per heavy atom. The van der Waals surface area contributed by atoms with Crippen molar-refractivity contribution >= 4 is 6.09 Å². The first-order valence-electron chi connectivity index (χ1n) is 7.86. The number of hydrogen-bond acceptors (Lipinski definition) is 4. The standard InChI is InChI=1S/C15H29N3O2/c1-15(2,3)20-14(19)18-8-6-12(11-18)9-17-13-5-4-7-16-10-13/h12-13,16-17H,4-11H2,1-3H3. The van der Waals surface area contributed by atoms with E-state index >= 15 is 0 Å². The van der Waals surface area contributed by atoms with Crippen molar-refractivity contribution in [1.29, 1.82) is 0 Å². The minimum absolute atomic E-state index is 0.167. The summed E-state index contributed by atoms with van der Waals surface area (Å²) in [4.78, 5) is 13.8. The molecule has 2 unspecified atom stereocenters. The normalized spacial score (nSPS) is 27.6. The highest BCUT2D eigenvalue weighted by Gasteiger charge is 2.29. The summed E-state index contributed by atoms with van der Waals surface area (Å²) in [5.74, 6) is 0.560. The quantitative estimate of drug-likeness (QED) is 0.826. The zero-order chi connectivity index (χ0) is 14.6.